The molecule has 1 saturated heterocycles. The summed E-state index contributed by atoms with van der Waals surface area (Å²) in [6, 6.07) is 15.5. The van der Waals surface area contributed by atoms with E-state index < -0.39 is 17.9 Å². The zero-order chi connectivity index (χ0) is 43.3. The van der Waals surface area contributed by atoms with Crippen LogP contribution in [0.3, 0.4) is 0 Å². The van der Waals surface area contributed by atoms with Gasteiger partial charge < -0.3 is 36.3 Å². The number of nitrogens with two attached hydrogens (primary N) is 2. The fraction of sp³-hybridized carbons (Fsp3) is 0.422. The van der Waals surface area contributed by atoms with Gasteiger partial charge in [0.05, 0.1) is 12.1 Å². The summed E-state index contributed by atoms with van der Waals surface area (Å²) in [5, 5.41) is 9.09. The van der Waals surface area contributed by atoms with Gasteiger partial charge in [0.15, 0.2) is 6.61 Å². The second-order valence-corrected chi connectivity index (χ2v) is 16.6. The number of piperidine rings is 1. The van der Waals surface area contributed by atoms with Crippen molar-refractivity contribution in [2.45, 2.75) is 108 Å². The number of carbonyl (C=O) groups is 5. The number of fused-ring (bicyclic) bond motifs is 2. The minimum atomic E-state index is -2.68. The minimum absolute atomic E-state index is 0.111. The Balaban J connectivity index is 0.850. The highest BCUT2D eigenvalue weighted by atomic mass is 32.1. The molecule has 1 unspecified atom stereocenters. The zero-order valence-electron chi connectivity index (χ0n) is 33.9. The normalized spacial score (nSPS) is 17.6. The van der Waals surface area contributed by atoms with Crippen LogP contribution in [0.5, 0.6) is 5.75 Å². The smallest absolute Gasteiger partial charge is 0.257 e. The number of amides is 5. The van der Waals surface area contributed by atoms with Crippen LogP contribution in [-0.4, -0.2) is 69.1 Å². The van der Waals surface area contributed by atoms with Crippen molar-refractivity contribution in [2.75, 3.05) is 18.9 Å². The number of rotatable bonds is 17. The molecule has 1 saturated carbocycles. The molecule has 4 aromatic rings. The lowest BCUT2D eigenvalue weighted by atomic mass is 9.92. The molecule has 3 heterocycles. The SMILES string of the molecule is NC(=S)c1cccc(-c2cn(C3CCC(F)(F)CC3)c3c(CNC(=O)CCCCCCCNC(=O)COc4cccc5c4CN(C4CCC(=O)NC4=O)C5=O)c(N)ccc23)c1. The Morgan fingerprint density at radius 3 is 2.44 bits per heavy atom. The summed E-state index contributed by atoms with van der Waals surface area (Å²) in [6.45, 7) is 0.568. The van der Waals surface area contributed by atoms with Crippen molar-refractivity contribution >= 4 is 63.3 Å². The number of aromatic nitrogens is 1. The van der Waals surface area contributed by atoms with Crippen molar-refractivity contribution in [1.29, 1.82) is 0 Å². The van der Waals surface area contributed by atoms with E-state index in [1.54, 1.807) is 18.2 Å². The number of halogens is 2. The predicted octanol–water partition coefficient (Wildman–Crippen LogP) is 6.19. The number of alkyl halides is 2. The average Bonchev–Trinajstić information content (AvgIpc) is 3.79. The summed E-state index contributed by atoms with van der Waals surface area (Å²) in [4.78, 5) is 64.4. The van der Waals surface area contributed by atoms with Crippen molar-refractivity contribution in [3.05, 3.63) is 83.0 Å². The zero-order valence-corrected chi connectivity index (χ0v) is 34.7. The van der Waals surface area contributed by atoms with Crippen molar-refractivity contribution in [2.24, 2.45) is 5.73 Å². The number of benzene rings is 3. The summed E-state index contributed by atoms with van der Waals surface area (Å²) < 4.78 is 36.3. The van der Waals surface area contributed by atoms with Crippen molar-refractivity contribution < 1.29 is 37.5 Å². The Bertz CT molecular complexity index is 2360. The van der Waals surface area contributed by atoms with E-state index in [0.29, 0.717) is 54.8 Å². The molecule has 322 valence electrons. The van der Waals surface area contributed by atoms with Crippen LogP contribution in [0, 0.1) is 0 Å². The number of nitrogens with zero attached hydrogens (tertiary/aromatic N) is 2. The third kappa shape index (κ3) is 10.0. The summed E-state index contributed by atoms with van der Waals surface area (Å²) in [6.07, 6.45) is 7.01. The van der Waals surface area contributed by atoms with Gasteiger partial charge in [-0.1, -0.05) is 61.8 Å². The van der Waals surface area contributed by atoms with Gasteiger partial charge in [0.2, 0.25) is 23.6 Å². The van der Waals surface area contributed by atoms with Crippen molar-refractivity contribution in [1.82, 2.24) is 25.4 Å². The first-order chi connectivity index (χ1) is 29.3. The summed E-state index contributed by atoms with van der Waals surface area (Å²) in [5.41, 5.74) is 18.1. The van der Waals surface area contributed by atoms with E-state index in [1.165, 1.54) is 4.90 Å². The molecule has 0 bridgehead atoms. The van der Waals surface area contributed by atoms with Gasteiger partial charge in [-0.2, -0.15) is 0 Å². The lowest BCUT2D eigenvalue weighted by Gasteiger charge is -2.30. The van der Waals surface area contributed by atoms with Gasteiger partial charge in [-0.3, -0.25) is 29.3 Å². The summed E-state index contributed by atoms with van der Waals surface area (Å²) in [7, 11) is 0. The molecular weight excluding hydrogens is 805 g/mol. The lowest BCUT2D eigenvalue weighted by molar-refractivity contribution is -0.137. The van der Waals surface area contributed by atoms with Crippen LogP contribution in [0.15, 0.2) is 60.8 Å². The summed E-state index contributed by atoms with van der Waals surface area (Å²) >= 11 is 5.22. The largest absolute Gasteiger partial charge is 0.483 e. The van der Waals surface area contributed by atoms with Gasteiger partial charge >= 0.3 is 0 Å². The quantitative estimate of drug-likeness (QED) is 0.0357. The van der Waals surface area contributed by atoms with Gasteiger partial charge in [0, 0.05) is 89.9 Å². The maximum Gasteiger partial charge on any atom is 0.257 e. The average molecular weight is 856 g/mol. The van der Waals surface area contributed by atoms with Crippen LogP contribution in [0.1, 0.15) is 110 Å². The van der Waals surface area contributed by atoms with E-state index in [1.807, 2.05) is 42.6 Å². The Kier molecular flexibility index (Phi) is 13.3. The highest BCUT2D eigenvalue weighted by Crippen LogP contribution is 2.43. The number of thiocarbonyl (C=S) groups is 1. The fourth-order valence-electron chi connectivity index (χ4n) is 8.62. The second-order valence-electron chi connectivity index (χ2n) is 16.1. The number of hydrogen-bond acceptors (Lipinski definition) is 8. The maximum absolute atomic E-state index is 14.2. The van der Waals surface area contributed by atoms with Crippen molar-refractivity contribution in [3.8, 4) is 16.9 Å². The van der Waals surface area contributed by atoms with Crippen LogP contribution < -0.4 is 32.2 Å². The predicted molar refractivity (Wildman–Crippen MR) is 231 cm³/mol. The van der Waals surface area contributed by atoms with E-state index in [9.17, 15) is 32.8 Å². The maximum atomic E-state index is 14.2. The van der Waals surface area contributed by atoms with E-state index >= 15 is 0 Å². The highest BCUT2D eigenvalue weighted by Gasteiger charge is 2.40. The molecular formula is C45H51F2N7O6S. The Labute approximate surface area is 357 Å². The standard InChI is InChI=1S/C45H51F2N7O6S/c46-45(47)19-17-29(18-20-45)53-24-33(27-8-6-9-28(22-27)42(49)61)30-13-14-35(48)32(41(30)53)23-51-38(55)12-4-2-1-3-5-21-50-40(57)26-60-37-11-7-10-31-34(37)25-54(44(31)59)36-15-16-39(56)52-43(36)58/h6-11,13-14,22,24,29,36H,1-5,12,15-21,23,25-26,48H2,(H2,49,61)(H,50,57)(H,51,55)(H,52,56,58). The number of hydrogen-bond donors (Lipinski definition) is 5. The Morgan fingerprint density at radius 2 is 1.67 bits per heavy atom. The topological polar surface area (TPSA) is 191 Å². The van der Waals surface area contributed by atoms with Crippen LogP contribution >= 0.6 is 12.2 Å². The fourth-order valence-corrected chi connectivity index (χ4v) is 8.74. The van der Waals surface area contributed by atoms with Gasteiger partial charge in [-0.05, 0) is 61.9 Å². The van der Waals surface area contributed by atoms with Gasteiger partial charge in [-0.25, -0.2) is 8.78 Å². The molecule has 5 amide bonds. The highest BCUT2D eigenvalue weighted by molar-refractivity contribution is 7.80. The van der Waals surface area contributed by atoms with Gasteiger partial charge in [0.25, 0.3) is 11.8 Å². The Hall–Kier alpha value is -5.90. The van der Waals surface area contributed by atoms with Crippen LogP contribution in [0.4, 0.5) is 14.5 Å². The number of imide groups is 1. The molecule has 7 rings (SSSR count). The monoisotopic (exact) mass is 855 g/mol. The molecule has 1 aromatic heterocycles. The molecule has 0 radical (unpaired) electrons. The first-order valence-electron chi connectivity index (χ1n) is 20.9. The molecule has 3 aliphatic rings. The lowest BCUT2D eigenvalue weighted by Crippen LogP contribution is -2.52. The molecule has 13 nitrogen and oxygen atoms in total. The molecule has 1 atom stereocenters. The number of nitrogens with one attached hydrogen (secondary N) is 3. The molecule has 2 aliphatic heterocycles. The third-order valence-electron chi connectivity index (χ3n) is 11.9. The number of carbonyl (C=O) groups excluding carboxylic acids is 5. The Morgan fingerprint density at radius 1 is 0.918 bits per heavy atom. The first-order valence-corrected chi connectivity index (χ1v) is 21.3. The molecule has 16 heteroatoms. The van der Waals surface area contributed by atoms with E-state index in [2.05, 4.69) is 20.5 Å². The number of unbranched alkanes of at least 4 members (excludes halogenated alkanes) is 4. The van der Waals surface area contributed by atoms with Crippen molar-refractivity contribution in [3.63, 3.8) is 0 Å². The number of nitrogen functional groups attached to an aromatic ring is 1. The number of ether oxygens (including phenoxy) is 1. The number of anilines is 1. The van der Waals surface area contributed by atoms with Crippen LogP contribution in [0.2, 0.25) is 0 Å². The van der Waals surface area contributed by atoms with Crippen LogP contribution in [0.25, 0.3) is 22.0 Å². The minimum Gasteiger partial charge on any atom is -0.483 e. The van der Waals surface area contributed by atoms with E-state index in [-0.39, 0.29) is 80.0 Å². The molecule has 1 aliphatic carbocycles. The van der Waals surface area contributed by atoms with E-state index in [0.717, 1.165) is 58.8 Å². The third-order valence-corrected chi connectivity index (χ3v) is 12.2. The summed E-state index contributed by atoms with van der Waals surface area (Å²) in [5.74, 6) is -3.86. The molecule has 2 fully saturated rings. The molecule has 7 N–H and O–H groups in total. The molecule has 61 heavy (non-hydrogen) atoms. The second kappa shape index (κ2) is 18.8. The van der Waals surface area contributed by atoms with Crippen LogP contribution in [-0.2, 0) is 32.3 Å². The van der Waals surface area contributed by atoms with Gasteiger partial charge in [-0.15, -0.1) is 0 Å². The molecule has 3 aromatic carbocycles. The first kappa shape index (κ1) is 43.2. The van der Waals surface area contributed by atoms with Gasteiger partial charge in [0.1, 0.15) is 16.8 Å². The van der Waals surface area contributed by atoms with E-state index in [4.69, 9.17) is 28.4 Å². The molecule has 0 spiro atoms.